The molecule has 0 saturated heterocycles. The van der Waals surface area contributed by atoms with E-state index >= 15 is 0 Å². The number of carbonyl (C=O) groups excluding carboxylic acids is 1. The fourth-order valence-corrected chi connectivity index (χ4v) is 2.98. The molecule has 2 N–H and O–H groups in total. The van der Waals surface area contributed by atoms with Gasteiger partial charge in [-0.2, -0.15) is 5.10 Å². The van der Waals surface area contributed by atoms with Crippen molar-refractivity contribution in [1.29, 1.82) is 0 Å². The number of nitrogens with zero attached hydrogens (tertiary/aromatic N) is 1. The van der Waals surface area contributed by atoms with Gasteiger partial charge in [-0.05, 0) is 30.5 Å². The Hall–Kier alpha value is -2.21. The summed E-state index contributed by atoms with van der Waals surface area (Å²) in [6.45, 7) is 7.18. The Bertz CT molecular complexity index is 771. The smallest absolute Gasteiger partial charge is 0.255 e. The molecule has 7 heteroatoms. The van der Waals surface area contributed by atoms with Crippen LogP contribution in [-0.2, 0) is 6.54 Å². The van der Waals surface area contributed by atoms with Crippen molar-refractivity contribution in [2.75, 3.05) is 13.2 Å². The molecule has 128 valence electrons. The molecule has 0 aliphatic carbocycles. The van der Waals surface area contributed by atoms with Gasteiger partial charge in [0.15, 0.2) is 11.5 Å². The van der Waals surface area contributed by atoms with Crippen LogP contribution >= 0.6 is 11.6 Å². The van der Waals surface area contributed by atoms with Crippen molar-refractivity contribution in [2.24, 2.45) is 0 Å². The van der Waals surface area contributed by atoms with Crippen molar-refractivity contribution < 1.29 is 14.3 Å². The summed E-state index contributed by atoms with van der Waals surface area (Å²) in [4.78, 5) is 12.5. The van der Waals surface area contributed by atoms with Gasteiger partial charge in [0.1, 0.15) is 13.2 Å². The molecule has 1 amide bonds. The van der Waals surface area contributed by atoms with Gasteiger partial charge in [-0.25, -0.2) is 0 Å². The minimum Gasteiger partial charge on any atom is -0.486 e. The highest BCUT2D eigenvalue weighted by atomic mass is 35.5. The molecule has 3 rings (SSSR count). The molecule has 0 fully saturated rings. The summed E-state index contributed by atoms with van der Waals surface area (Å²) >= 11 is 6.22. The SMILES string of the molecule is Cc1[nH]nc(C(C)C)c1C(=O)NCc1cc(Cl)c2c(c1)OCCO2. The number of amides is 1. The van der Waals surface area contributed by atoms with Crippen molar-refractivity contribution in [3.05, 3.63) is 39.7 Å². The number of hydrogen-bond acceptors (Lipinski definition) is 4. The summed E-state index contributed by atoms with van der Waals surface area (Å²) in [6, 6.07) is 3.62. The number of fused-ring (bicyclic) bond motifs is 1. The van der Waals surface area contributed by atoms with Gasteiger partial charge >= 0.3 is 0 Å². The van der Waals surface area contributed by atoms with Crippen molar-refractivity contribution in [3.8, 4) is 11.5 Å². The molecule has 1 aromatic carbocycles. The number of halogens is 1. The van der Waals surface area contributed by atoms with Crippen LogP contribution in [0.5, 0.6) is 11.5 Å². The molecule has 0 saturated carbocycles. The molecule has 0 spiro atoms. The highest BCUT2D eigenvalue weighted by Gasteiger charge is 2.21. The van der Waals surface area contributed by atoms with Crippen molar-refractivity contribution in [1.82, 2.24) is 15.5 Å². The van der Waals surface area contributed by atoms with Gasteiger partial charge in [0, 0.05) is 12.2 Å². The van der Waals surface area contributed by atoms with Crippen LogP contribution in [0.4, 0.5) is 0 Å². The van der Waals surface area contributed by atoms with Gasteiger partial charge in [-0.1, -0.05) is 25.4 Å². The number of nitrogens with one attached hydrogen (secondary N) is 2. The summed E-state index contributed by atoms with van der Waals surface area (Å²) in [5.41, 5.74) is 2.99. The Kier molecular flexibility index (Phi) is 4.66. The molecule has 0 bridgehead atoms. The highest BCUT2D eigenvalue weighted by molar-refractivity contribution is 6.32. The predicted octanol–water partition coefficient (Wildman–Crippen LogP) is 3.20. The lowest BCUT2D eigenvalue weighted by atomic mass is 10.0. The van der Waals surface area contributed by atoms with Crippen LogP contribution in [0, 0.1) is 6.92 Å². The molecular weight excluding hydrogens is 330 g/mol. The third-order valence-electron chi connectivity index (χ3n) is 3.86. The van der Waals surface area contributed by atoms with Crippen LogP contribution in [0.15, 0.2) is 12.1 Å². The largest absolute Gasteiger partial charge is 0.486 e. The quantitative estimate of drug-likeness (QED) is 0.888. The lowest BCUT2D eigenvalue weighted by Gasteiger charge is -2.20. The number of benzene rings is 1. The molecule has 2 aromatic rings. The first-order valence-corrected chi connectivity index (χ1v) is 8.26. The number of carbonyl (C=O) groups is 1. The molecule has 1 aromatic heterocycles. The van der Waals surface area contributed by atoms with Crippen molar-refractivity contribution >= 4 is 17.5 Å². The average Bonchev–Trinajstić information content (AvgIpc) is 2.95. The molecule has 24 heavy (non-hydrogen) atoms. The first kappa shape index (κ1) is 16.6. The second-order valence-corrected chi connectivity index (χ2v) is 6.46. The minimum atomic E-state index is -0.157. The molecule has 1 aliphatic heterocycles. The minimum absolute atomic E-state index is 0.157. The van der Waals surface area contributed by atoms with Crippen LogP contribution < -0.4 is 14.8 Å². The van der Waals surface area contributed by atoms with E-state index in [2.05, 4.69) is 15.5 Å². The zero-order valence-corrected chi connectivity index (χ0v) is 14.7. The molecular formula is C17H20ClN3O3. The van der Waals surface area contributed by atoms with Gasteiger partial charge in [-0.15, -0.1) is 0 Å². The third kappa shape index (κ3) is 3.19. The Labute approximate surface area is 145 Å². The lowest BCUT2D eigenvalue weighted by Crippen LogP contribution is -2.24. The Balaban J connectivity index is 1.76. The molecule has 0 atom stereocenters. The summed E-state index contributed by atoms with van der Waals surface area (Å²) in [5.74, 6) is 1.18. The Morgan fingerprint density at radius 1 is 1.38 bits per heavy atom. The van der Waals surface area contributed by atoms with Crippen LogP contribution in [0.1, 0.15) is 47.1 Å². The lowest BCUT2D eigenvalue weighted by molar-refractivity contribution is 0.0949. The second kappa shape index (κ2) is 6.73. The number of ether oxygens (including phenoxy) is 2. The zero-order chi connectivity index (χ0) is 17.3. The zero-order valence-electron chi connectivity index (χ0n) is 13.9. The summed E-state index contributed by atoms with van der Waals surface area (Å²) in [5, 5.41) is 10.5. The van der Waals surface area contributed by atoms with E-state index in [0.717, 1.165) is 17.0 Å². The van der Waals surface area contributed by atoms with Gasteiger partial charge < -0.3 is 14.8 Å². The first-order chi connectivity index (χ1) is 11.5. The van der Waals surface area contributed by atoms with Crippen LogP contribution in [0.2, 0.25) is 5.02 Å². The number of aromatic nitrogens is 2. The fourth-order valence-electron chi connectivity index (χ4n) is 2.69. The van der Waals surface area contributed by atoms with E-state index in [1.165, 1.54) is 0 Å². The fraction of sp³-hybridized carbons (Fsp3) is 0.412. The highest BCUT2D eigenvalue weighted by Crippen LogP contribution is 2.38. The number of aryl methyl sites for hydroxylation is 1. The van der Waals surface area contributed by atoms with Crippen molar-refractivity contribution in [2.45, 2.75) is 33.2 Å². The molecule has 0 unspecified atom stereocenters. The molecule has 6 nitrogen and oxygen atoms in total. The maximum atomic E-state index is 12.5. The van der Waals surface area contributed by atoms with Crippen molar-refractivity contribution in [3.63, 3.8) is 0 Å². The van der Waals surface area contributed by atoms with Gasteiger partial charge in [0.25, 0.3) is 5.91 Å². The monoisotopic (exact) mass is 349 g/mol. The van der Waals surface area contributed by atoms with Gasteiger partial charge in [0.2, 0.25) is 0 Å². The maximum absolute atomic E-state index is 12.5. The van der Waals surface area contributed by atoms with Crippen LogP contribution in [0.25, 0.3) is 0 Å². The van der Waals surface area contributed by atoms with Crippen LogP contribution in [-0.4, -0.2) is 29.3 Å². The van der Waals surface area contributed by atoms with E-state index in [9.17, 15) is 4.79 Å². The third-order valence-corrected chi connectivity index (χ3v) is 4.14. The van der Waals surface area contributed by atoms with Gasteiger partial charge in [-0.3, -0.25) is 9.89 Å². The topological polar surface area (TPSA) is 76.2 Å². The Morgan fingerprint density at radius 2 is 2.12 bits per heavy atom. The van der Waals surface area contributed by atoms with E-state index in [-0.39, 0.29) is 11.8 Å². The number of H-pyrrole nitrogens is 1. The maximum Gasteiger partial charge on any atom is 0.255 e. The van der Waals surface area contributed by atoms with Crippen LogP contribution in [0.3, 0.4) is 0 Å². The molecule has 2 heterocycles. The normalized spacial score (nSPS) is 13.2. The Morgan fingerprint density at radius 3 is 2.88 bits per heavy atom. The van der Waals surface area contributed by atoms with E-state index in [4.69, 9.17) is 21.1 Å². The number of hydrogen-bond donors (Lipinski definition) is 2. The van der Waals surface area contributed by atoms with Gasteiger partial charge in [0.05, 0.1) is 16.3 Å². The van der Waals surface area contributed by atoms with E-state index in [1.807, 2.05) is 26.8 Å². The average molecular weight is 350 g/mol. The summed E-state index contributed by atoms with van der Waals surface area (Å²) in [6.07, 6.45) is 0. The summed E-state index contributed by atoms with van der Waals surface area (Å²) < 4.78 is 11.1. The second-order valence-electron chi connectivity index (χ2n) is 6.05. The predicted molar refractivity (Wildman–Crippen MR) is 91.0 cm³/mol. The summed E-state index contributed by atoms with van der Waals surface area (Å²) in [7, 11) is 0. The molecule has 1 aliphatic rings. The number of rotatable bonds is 4. The standard InChI is InChI=1S/C17H20ClN3O3/c1-9(2)15-14(10(3)20-21-15)17(22)19-8-11-6-12(18)16-13(7-11)23-4-5-24-16/h6-7,9H,4-5,8H2,1-3H3,(H,19,22)(H,20,21). The number of aromatic amines is 1. The van der Waals surface area contributed by atoms with E-state index < -0.39 is 0 Å². The van der Waals surface area contributed by atoms with E-state index in [1.54, 1.807) is 6.07 Å². The molecule has 0 radical (unpaired) electrons. The van der Waals surface area contributed by atoms with E-state index in [0.29, 0.717) is 41.8 Å². The first-order valence-electron chi connectivity index (χ1n) is 7.88.